The Hall–Kier alpha value is -3.55. The fourth-order valence-electron chi connectivity index (χ4n) is 3.14. The van der Waals surface area contributed by atoms with Gasteiger partial charge in [-0.05, 0) is 24.1 Å². The van der Waals surface area contributed by atoms with Crippen LogP contribution >= 0.6 is 0 Å². The first kappa shape index (κ1) is 20.2. The van der Waals surface area contributed by atoms with Crippen LogP contribution in [0.4, 0.5) is 0 Å². The molecule has 29 heavy (non-hydrogen) atoms. The molecule has 1 saturated heterocycles. The lowest BCUT2D eigenvalue weighted by Gasteiger charge is -2.30. The molecule has 3 rings (SSSR count). The van der Waals surface area contributed by atoms with Gasteiger partial charge in [-0.15, -0.1) is 0 Å². The molecule has 8 heteroatoms. The average molecular weight is 395 g/mol. The first-order chi connectivity index (χ1) is 13.8. The van der Waals surface area contributed by atoms with E-state index in [2.05, 4.69) is 10.3 Å². The smallest absolute Gasteiger partial charge is 0.322 e. The predicted molar refractivity (Wildman–Crippen MR) is 104 cm³/mol. The van der Waals surface area contributed by atoms with Gasteiger partial charge < -0.3 is 15.3 Å². The number of ketones is 1. The van der Waals surface area contributed by atoms with E-state index in [4.69, 9.17) is 5.11 Å². The Labute approximate surface area is 167 Å². The summed E-state index contributed by atoms with van der Waals surface area (Å²) >= 11 is 0. The number of hydrogen-bond acceptors (Lipinski definition) is 5. The SMILES string of the molecule is Cc1ccc(-c2ccc(CN3CCC(=O)C(C(=O)NCC(=O)O)C3=O)cc2)nc1. The Balaban J connectivity index is 1.68. The van der Waals surface area contributed by atoms with Gasteiger partial charge in [0, 0.05) is 31.3 Å². The molecule has 1 aromatic heterocycles. The largest absolute Gasteiger partial charge is 0.480 e. The first-order valence-electron chi connectivity index (χ1n) is 9.18. The van der Waals surface area contributed by atoms with Crippen molar-refractivity contribution in [3.63, 3.8) is 0 Å². The standard InChI is InChI=1S/C21H21N3O5/c1-13-2-7-16(22-10-13)15-5-3-14(4-6-15)12-24-9-8-17(25)19(21(24)29)20(28)23-11-18(26)27/h2-7,10,19H,8-9,11-12H2,1H3,(H,23,28)(H,26,27). The molecule has 2 amide bonds. The zero-order valence-corrected chi connectivity index (χ0v) is 15.9. The third kappa shape index (κ3) is 4.84. The monoisotopic (exact) mass is 395 g/mol. The quantitative estimate of drug-likeness (QED) is 0.710. The number of likely N-dealkylation sites (tertiary alicyclic amines) is 1. The minimum Gasteiger partial charge on any atom is -0.480 e. The molecule has 8 nitrogen and oxygen atoms in total. The highest BCUT2D eigenvalue weighted by molar-refractivity contribution is 6.19. The predicted octanol–water partition coefficient (Wildman–Crippen LogP) is 1.18. The molecular formula is C21H21N3O5. The van der Waals surface area contributed by atoms with E-state index in [1.54, 1.807) is 6.20 Å². The van der Waals surface area contributed by atoms with E-state index in [1.165, 1.54) is 4.90 Å². The molecule has 1 fully saturated rings. The van der Waals surface area contributed by atoms with Crippen molar-refractivity contribution in [1.29, 1.82) is 0 Å². The van der Waals surface area contributed by atoms with Gasteiger partial charge in [0.15, 0.2) is 11.7 Å². The zero-order chi connectivity index (χ0) is 21.0. The van der Waals surface area contributed by atoms with Gasteiger partial charge in [0.25, 0.3) is 0 Å². The Morgan fingerprint density at radius 2 is 1.90 bits per heavy atom. The molecule has 2 N–H and O–H groups in total. The van der Waals surface area contributed by atoms with Crippen molar-refractivity contribution in [2.45, 2.75) is 19.9 Å². The highest BCUT2D eigenvalue weighted by atomic mass is 16.4. The molecule has 1 aliphatic heterocycles. The second-order valence-corrected chi connectivity index (χ2v) is 6.94. The van der Waals surface area contributed by atoms with Crippen LogP contribution in [0.1, 0.15) is 17.5 Å². The van der Waals surface area contributed by atoms with Crippen molar-refractivity contribution in [3.8, 4) is 11.3 Å². The molecule has 0 radical (unpaired) electrons. The van der Waals surface area contributed by atoms with Gasteiger partial charge >= 0.3 is 5.97 Å². The van der Waals surface area contributed by atoms with Crippen LogP contribution in [-0.4, -0.2) is 51.6 Å². The van der Waals surface area contributed by atoms with Gasteiger partial charge in [0.05, 0.1) is 5.69 Å². The molecule has 1 aromatic carbocycles. The second-order valence-electron chi connectivity index (χ2n) is 6.94. The van der Waals surface area contributed by atoms with Crippen molar-refractivity contribution in [1.82, 2.24) is 15.2 Å². The molecule has 0 aliphatic carbocycles. The van der Waals surface area contributed by atoms with Crippen LogP contribution in [0.2, 0.25) is 0 Å². The second kappa shape index (κ2) is 8.64. The number of rotatable bonds is 6. The number of pyridine rings is 1. The average Bonchev–Trinajstić information content (AvgIpc) is 2.70. The van der Waals surface area contributed by atoms with Crippen LogP contribution in [0.5, 0.6) is 0 Å². The van der Waals surface area contributed by atoms with Crippen molar-refractivity contribution < 1.29 is 24.3 Å². The van der Waals surface area contributed by atoms with E-state index in [1.807, 2.05) is 43.3 Å². The number of benzene rings is 1. The number of carboxylic acid groups (broad SMARTS) is 1. The first-order valence-corrected chi connectivity index (χ1v) is 9.18. The van der Waals surface area contributed by atoms with Gasteiger partial charge in [0.1, 0.15) is 6.54 Å². The molecular weight excluding hydrogens is 374 g/mol. The highest BCUT2D eigenvalue weighted by Crippen LogP contribution is 2.21. The Morgan fingerprint density at radius 1 is 1.17 bits per heavy atom. The fourth-order valence-corrected chi connectivity index (χ4v) is 3.14. The highest BCUT2D eigenvalue weighted by Gasteiger charge is 2.40. The Morgan fingerprint density at radius 3 is 2.52 bits per heavy atom. The summed E-state index contributed by atoms with van der Waals surface area (Å²) < 4.78 is 0. The lowest BCUT2D eigenvalue weighted by Crippen LogP contribution is -2.52. The third-order valence-electron chi connectivity index (χ3n) is 4.72. The number of aliphatic carboxylic acids is 1. The van der Waals surface area contributed by atoms with Crippen LogP contribution < -0.4 is 5.32 Å². The summed E-state index contributed by atoms with van der Waals surface area (Å²) in [4.78, 5) is 53.2. The third-order valence-corrected chi connectivity index (χ3v) is 4.72. The van der Waals surface area contributed by atoms with Crippen molar-refractivity contribution in [2.75, 3.05) is 13.1 Å². The number of carbonyl (C=O) groups is 4. The number of Topliss-reactive ketones (excluding diaryl/α,β-unsaturated/α-hetero) is 1. The van der Waals surface area contributed by atoms with E-state index >= 15 is 0 Å². The van der Waals surface area contributed by atoms with Crippen LogP contribution in [0.15, 0.2) is 42.6 Å². The summed E-state index contributed by atoms with van der Waals surface area (Å²) in [6, 6.07) is 11.5. The van der Waals surface area contributed by atoms with Gasteiger partial charge in [-0.1, -0.05) is 30.3 Å². The lowest BCUT2D eigenvalue weighted by molar-refractivity contribution is -0.152. The molecule has 2 aromatic rings. The van der Waals surface area contributed by atoms with Gasteiger partial charge in [0.2, 0.25) is 11.8 Å². The Bertz CT molecular complexity index is 938. The van der Waals surface area contributed by atoms with Crippen LogP contribution in [0.3, 0.4) is 0 Å². The molecule has 0 saturated carbocycles. The van der Waals surface area contributed by atoms with Gasteiger partial charge in [-0.2, -0.15) is 0 Å². The number of aromatic nitrogens is 1. The molecule has 1 aliphatic rings. The van der Waals surface area contributed by atoms with Crippen LogP contribution in [0, 0.1) is 12.8 Å². The number of aryl methyl sites for hydroxylation is 1. The van der Waals surface area contributed by atoms with Crippen molar-refractivity contribution in [3.05, 3.63) is 53.7 Å². The van der Waals surface area contributed by atoms with E-state index in [0.717, 1.165) is 22.4 Å². The molecule has 0 bridgehead atoms. The van der Waals surface area contributed by atoms with Gasteiger partial charge in [-0.3, -0.25) is 24.2 Å². The number of nitrogens with one attached hydrogen (secondary N) is 1. The molecule has 2 heterocycles. The summed E-state index contributed by atoms with van der Waals surface area (Å²) in [5.74, 6) is -4.69. The maximum absolute atomic E-state index is 12.6. The summed E-state index contributed by atoms with van der Waals surface area (Å²) in [5.41, 5.74) is 3.72. The number of nitrogens with zero attached hydrogens (tertiary/aromatic N) is 2. The summed E-state index contributed by atoms with van der Waals surface area (Å²) in [6.45, 7) is 1.82. The molecule has 1 atom stereocenters. The maximum Gasteiger partial charge on any atom is 0.322 e. The summed E-state index contributed by atoms with van der Waals surface area (Å²) in [6.07, 6.45) is 1.85. The van der Waals surface area contributed by atoms with E-state index in [0.29, 0.717) is 0 Å². The number of amides is 2. The fraction of sp³-hybridized carbons (Fsp3) is 0.286. The zero-order valence-electron chi connectivity index (χ0n) is 15.9. The number of carbonyl (C=O) groups excluding carboxylic acids is 3. The van der Waals surface area contributed by atoms with Crippen molar-refractivity contribution >= 4 is 23.6 Å². The Kier molecular flexibility index (Phi) is 6.01. The van der Waals surface area contributed by atoms with Gasteiger partial charge in [-0.25, -0.2) is 0 Å². The maximum atomic E-state index is 12.6. The van der Waals surface area contributed by atoms with E-state index in [9.17, 15) is 19.2 Å². The minimum atomic E-state index is -1.49. The van der Waals surface area contributed by atoms with Crippen molar-refractivity contribution in [2.24, 2.45) is 5.92 Å². The minimum absolute atomic E-state index is 0.0578. The molecule has 150 valence electrons. The number of piperidine rings is 1. The number of carboxylic acids is 1. The molecule has 0 spiro atoms. The van der Waals surface area contributed by atoms with Crippen LogP contribution in [0.25, 0.3) is 11.3 Å². The number of hydrogen-bond donors (Lipinski definition) is 2. The topological polar surface area (TPSA) is 117 Å². The van der Waals surface area contributed by atoms with E-state index in [-0.39, 0.29) is 19.5 Å². The summed E-state index contributed by atoms with van der Waals surface area (Å²) in [7, 11) is 0. The summed E-state index contributed by atoms with van der Waals surface area (Å²) in [5, 5.41) is 10.8. The van der Waals surface area contributed by atoms with E-state index < -0.39 is 36.0 Å². The molecule has 1 unspecified atom stereocenters. The lowest BCUT2D eigenvalue weighted by atomic mass is 9.94. The van der Waals surface area contributed by atoms with Crippen LogP contribution in [-0.2, 0) is 25.7 Å². The normalized spacial score (nSPS) is 16.6.